The smallest absolute Gasteiger partial charge is 0.104 e. The van der Waals surface area contributed by atoms with E-state index < -0.39 is 0 Å². The van der Waals surface area contributed by atoms with Gasteiger partial charge >= 0.3 is 0 Å². The van der Waals surface area contributed by atoms with Crippen molar-refractivity contribution in [2.24, 2.45) is 0 Å². The molecule has 0 aliphatic carbocycles. The van der Waals surface area contributed by atoms with E-state index in [1.165, 1.54) is 5.57 Å². The van der Waals surface area contributed by atoms with Gasteiger partial charge in [0, 0.05) is 6.20 Å². The van der Waals surface area contributed by atoms with Crippen LogP contribution in [0.5, 0.6) is 0 Å². The number of nitrogens with two attached hydrogens (primary N) is 1. The quantitative estimate of drug-likeness (QED) is 0.739. The minimum Gasteiger partial charge on any atom is -0.398 e. The van der Waals surface area contributed by atoms with Gasteiger partial charge in [-0.3, -0.25) is 4.98 Å². The second kappa shape index (κ2) is 4.77. The monoisotopic (exact) mass is 214 g/mol. The molecular formula is C12H14N4. The van der Waals surface area contributed by atoms with Gasteiger partial charge in [-0.05, 0) is 38.1 Å². The van der Waals surface area contributed by atoms with Gasteiger partial charge in [-0.15, -0.1) is 0 Å². The van der Waals surface area contributed by atoms with Gasteiger partial charge in [0.15, 0.2) is 0 Å². The molecule has 2 rings (SSSR count). The highest BCUT2D eigenvalue weighted by atomic mass is 14.9. The SMILES string of the molecule is N#Cc1c(N)ccnc1C=C1CCNCC1. The number of hydrogen-bond acceptors (Lipinski definition) is 4. The van der Waals surface area contributed by atoms with Crippen LogP contribution in [0.2, 0.25) is 0 Å². The first-order valence-electron chi connectivity index (χ1n) is 5.36. The highest BCUT2D eigenvalue weighted by Gasteiger charge is 2.08. The molecule has 1 aromatic heterocycles. The largest absolute Gasteiger partial charge is 0.398 e. The van der Waals surface area contributed by atoms with Gasteiger partial charge in [0.2, 0.25) is 0 Å². The number of piperidine rings is 1. The average molecular weight is 214 g/mol. The molecule has 16 heavy (non-hydrogen) atoms. The summed E-state index contributed by atoms with van der Waals surface area (Å²) in [4.78, 5) is 4.21. The zero-order valence-corrected chi connectivity index (χ0v) is 9.03. The van der Waals surface area contributed by atoms with E-state index in [1.807, 2.05) is 6.08 Å². The fourth-order valence-corrected chi connectivity index (χ4v) is 1.81. The Bertz CT molecular complexity index is 449. The lowest BCUT2D eigenvalue weighted by Gasteiger charge is -2.15. The number of rotatable bonds is 1. The fraction of sp³-hybridized carbons (Fsp3) is 0.333. The zero-order chi connectivity index (χ0) is 11.4. The van der Waals surface area contributed by atoms with Crippen LogP contribution in [-0.4, -0.2) is 18.1 Å². The van der Waals surface area contributed by atoms with E-state index >= 15 is 0 Å². The third kappa shape index (κ3) is 2.20. The molecule has 1 aromatic rings. The molecule has 1 aliphatic rings. The molecule has 82 valence electrons. The van der Waals surface area contributed by atoms with E-state index in [0.717, 1.165) is 25.9 Å². The van der Waals surface area contributed by atoms with E-state index in [0.29, 0.717) is 16.9 Å². The molecule has 4 heteroatoms. The normalized spacial score (nSPS) is 15.6. The van der Waals surface area contributed by atoms with Crippen molar-refractivity contribution in [1.29, 1.82) is 5.26 Å². The molecule has 4 nitrogen and oxygen atoms in total. The number of hydrogen-bond donors (Lipinski definition) is 2. The molecule has 0 bridgehead atoms. The molecule has 0 radical (unpaired) electrons. The van der Waals surface area contributed by atoms with Crippen LogP contribution in [0.4, 0.5) is 5.69 Å². The second-order valence-corrected chi connectivity index (χ2v) is 3.82. The van der Waals surface area contributed by atoms with Crippen molar-refractivity contribution < 1.29 is 0 Å². The number of anilines is 1. The number of nitrogen functional groups attached to an aromatic ring is 1. The molecule has 3 N–H and O–H groups in total. The Hall–Kier alpha value is -1.86. The van der Waals surface area contributed by atoms with Crippen LogP contribution in [0.3, 0.4) is 0 Å². The summed E-state index contributed by atoms with van der Waals surface area (Å²) in [7, 11) is 0. The molecule has 0 atom stereocenters. The summed E-state index contributed by atoms with van der Waals surface area (Å²) in [5.74, 6) is 0. The molecule has 0 saturated carbocycles. The molecule has 2 heterocycles. The van der Waals surface area contributed by atoms with Gasteiger partial charge in [-0.2, -0.15) is 5.26 Å². The van der Waals surface area contributed by atoms with Gasteiger partial charge in [0.1, 0.15) is 11.6 Å². The number of aromatic nitrogens is 1. The average Bonchev–Trinajstić information content (AvgIpc) is 2.31. The number of nitriles is 1. The van der Waals surface area contributed by atoms with Gasteiger partial charge in [-0.25, -0.2) is 0 Å². The Balaban J connectivity index is 2.33. The maximum absolute atomic E-state index is 9.02. The van der Waals surface area contributed by atoms with E-state index in [4.69, 9.17) is 11.0 Å². The van der Waals surface area contributed by atoms with Gasteiger partial charge in [0.25, 0.3) is 0 Å². The predicted octanol–water partition coefficient (Wildman–Crippen LogP) is 1.30. The molecule has 0 spiro atoms. The first kappa shape index (κ1) is 10.7. The third-order valence-electron chi connectivity index (χ3n) is 2.71. The van der Waals surface area contributed by atoms with Gasteiger partial charge < -0.3 is 11.1 Å². The number of pyridine rings is 1. The third-order valence-corrected chi connectivity index (χ3v) is 2.71. The summed E-state index contributed by atoms with van der Waals surface area (Å²) in [6.07, 6.45) is 5.67. The number of nitrogens with zero attached hydrogens (tertiary/aromatic N) is 2. The predicted molar refractivity (Wildman–Crippen MR) is 63.4 cm³/mol. The van der Waals surface area contributed by atoms with E-state index in [1.54, 1.807) is 12.3 Å². The van der Waals surface area contributed by atoms with Crippen LogP contribution in [0.15, 0.2) is 17.8 Å². The molecule has 0 unspecified atom stereocenters. The van der Waals surface area contributed by atoms with E-state index in [-0.39, 0.29) is 0 Å². The molecular weight excluding hydrogens is 200 g/mol. The van der Waals surface area contributed by atoms with Gasteiger partial charge in [-0.1, -0.05) is 5.57 Å². The molecule has 1 aliphatic heterocycles. The van der Waals surface area contributed by atoms with Crippen molar-refractivity contribution in [3.05, 3.63) is 29.1 Å². The summed E-state index contributed by atoms with van der Waals surface area (Å²) in [6, 6.07) is 3.76. The Labute approximate surface area is 94.8 Å². The molecule has 1 saturated heterocycles. The first-order valence-corrected chi connectivity index (χ1v) is 5.36. The first-order chi connectivity index (χ1) is 7.81. The zero-order valence-electron chi connectivity index (χ0n) is 9.03. The van der Waals surface area contributed by atoms with Crippen molar-refractivity contribution >= 4 is 11.8 Å². The van der Waals surface area contributed by atoms with Crippen LogP contribution >= 0.6 is 0 Å². The van der Waals surface area contributed by atoms with Crippen molar-refractivity contribution in [2.45, 2.75) is 12.8 Å². The fourth-order valence-electron chi connectivity index (χ4n) is 1.81. The molecule has 0 amide bonds. The van der Waals surface area contributed by atoms with E-state index in [9.17, 15) is 0 Å². The summed E-state index contributed by atoms with van der Waals surface area (Å²) in [5.41, 5.74) is 8.73. The topological polar surface area (TPSA) is 74.7 Å². The standard InChI is InChI=1S/C12H14N4/c13-8-10-11(14)3-6-16-12(10)7-9-1-4-15-5-2-9/h3,6-7,15H,1-2,4-5H2,(H2,14,16). The van der Waals surface area contributed by atoms with Crippen molar-refractivity contribution in [1.82, 2.24) is 10.3 Å². The summed E-state index contributed by atoms with van der Waals surface area (Å²) >= 11 is 0. The minimum atomic E-state index is 0.480. The highest BCUT2D eigenvalue weighted by Crippen LogP contribution is 2.19. The summed E-state index contributed by atoms with van der Waals surface area (Å²) < 4.78 is 0. The Kier molecular flexibility index (Phi) is 3.18. The Morgan fingerprint density at radius 1 is 1.44 bits per heavy atom. The van der Waals surface area contributed by atoms with Crippen LogP contribution < -0.4 is 11.1 Å². The van der Waals surface area contributed by atoms with Crippen LogP contribution in [0.25, 0.3) is 6.08 Å². The molecule has 1 fully saturated rings. The lowest BCUT2D eigenvalue weighted by Crippen LogP contribution is -2.23. The maximum Gasteiger partial charge on any atom is 0.104 e. The maximum atomic E-state index is 9.02. The van der Waals surface area contributed by atoms with Gasteiger partial charge in [0.05, 0.1) is 11.4 Å². The van der Waals surface area contributed by atoms with Crippen molar-refractivity contribution in [2.75, 3.05) is 18.8 Å². The van der Waals surface area contributed by atoms with Crippen LogP contribution in [0, 0.1) is 11.3 Å². The summed E-state index contributed by atoms with van der Waals surface area (Å²) in [6.45, 7) is 1.99. The highest BCUT2D eigenvalue weighted by molar-refractivity contribution is 5.65. The van der Waals surface area contributed by atoms with Crippen LogP contribution in [0.1, 0.15) is 24.1 Å². The molecule has 0 aromatic carbocycles. The Morgan fingerprint density at radius 3 is 2.88 bits per heavy atom. The summed E-state index contributed by atoms with van der Waals surface area (Å²) in [5, 5.41) is 12.3. The Morgan fingerprint density at radius 2 is 2.19 bits per heavy atom. The van der Waals surface area contributed by atoms with Crippen molar-refractivity contribution in [3.63, 3.8) is 0 Å². The lowest BCUT2D eigenvalue weighted by molar-refractivity contribution is 0.613. The van der Waals surface area contributed by atoms with E-state index in [2.05, 4.69) is 16.4 Å². The lowest BCUT2D eigenvalue weighted by atomic mass is 10.0. The number of nitrogens with one attached hydrogen (secondary N) is 1. The van der Waals surface area contributed by atoms with Crippen LogP contribution in [-0.2, 0) is 0 Å². The minimum absolute atomic E-state index is 0.480. The second-order valence-electron chi connectivity index (χ2n) is 3.82. The van der Waals surface area contributed by atoms with Crippen molar-refractivity contribution in [3.8, 4) is 6.07 Å².